The third-order valence-electron chi connectivity index (χ3n) is 5.57. The topological polar surface area (TPSA) is 92.6 Å². The van der Waals surface area contributed by atoms with E-state index in [4.69, 9.17) is 4.74 Å². The maximum absolute atomic E-state index is 13.1. The minimum atomic E-state index is -0.738. The number of likely N-dealkylation sites (tertiary alicyclic amines) is 1. The van der Waals surface area contributed by atoms with Gasteiger partial charge in [-0.2, -0.15) is 0 Å². The monoisotopic (exact) mass is 443 g/mol. The molecule has 2 aromatic heterocycles. The first kappa shape index (κ1) is 22.2. The molecule has 1 amide bonds. The number of pyridine rings is 2. The van der Waals surface area contributed by atoms with Crippen molar-refractivity contribution in [2.75, 3.05) is 6.61 Å². The predicted molar refractivity (Wildman–Crippen MR) is 123 cm³/mol. The molecule has 0 bridgehead atoms. The van der Waals surface area contributed by atoms with E-state index in [9.17, 15) is 14.7 Å². The summed E-state index contributed by atoms with van der Waals surface area (Å²) in [5.74, 6) is -0.864. The third-order valence-corrected chi connectivity index (χ3v) is 5.57. The molecule has 1 N–H and O–H groups in total. The highest BCUT2D eigenvalue weighted by atomic mass is 16.5. The number of rotatable bonds is 7. The molecule has 0 saturated carbocycles. The number of carbonyl (C=O) groups excluding carboxylic acids is 2. The van der Waals surface area contributed by atoms with Gasteiger partial charge in [-0.15, -0.1) is 0 Å². The van der Waals surface area contributed by atoms with Gasteiger partial charge in [0.15, 0.2) is 0 Å². The van der Waals surface area contributed by atoms with E-state index in [1.54, 1.807) is 67.3 Å². The number of Topliss-reactive ketones (excluding diaryl/α,β-unsaturated/α-hetero) is 1. The summed E-state index contributed by atoms with van der Waals surface area (Å²) >= 11 is 0. The molecule has 1 unspecified atom stereocenters. The van der Waals surface area contributed by atoms with Crippen LogP contribution in [0.3, 0.4) is 0 Å². The lowest BCUT2D eigenvalue weighted by Gasteiger charge is -2.25. The van der Waals surface area contributed by atoms with E-state index in [0.29, 0.717) is 17.7 Å². The number of hydrogen-bond donors (Lipinski definition) is 1. The van der Waals surface area contributed by atoms with Crippen LogP contribution < -0.4 is 4.74 Å². The number of aliphatic hydroxyl groups is 1. The van der Waals surface area contributed by atoms with Crippen LogP contribution in [0.2, 0.25) is 0 Å². The van der Waals surface area contributed by atoms with Crippen molar-refractivity contribution < 1.29 is 19.4 Å². The van der Waals surface area contributed by atoms with Crippen molar-refractivity contribution in [2.24, 2.45) is 0 Å². The number of ether oxygens (including phenoxy) is 1. The van der Waals surface area contributed by atoms with Gasteiger partial charge in [0, 0.05) is 36.9 Å². The number of benzene rings is 1. The molecule has 1 aliphatic rings. The smallest absolute Gasteiger partial charge is 0.295 e. The lowest BCUT2D eigenvalue weighted by molar-refractivity contribution is -0.140. The van der Waals surface area contributed by atoms with Gasteiger partial charge >= 0.3 is 0 Å². The van der Waals surface area contributed by atoms with Crippen LogP contribution in [0.25, 0.3) is 5.76 Å². The summed E-state index contributed by atoms with van der Waals surface area (Å²) < 4.78 is 5.72. The summed E-state index contributed by atoms with van der Waals surface area (Å²) in [6, 6.07) is 11.6. The van der Waals surface area contributed by atoms with Crippen molar-refractivity contribution in [2.45, 2.75) is 32.9 Å². The average molecular weight is 444 g/mol. The van der Waals surface area contributed by atoms with Gasteiger partial charge in [-0.05, 0) is 72.5 Å². The Balaban J connectivity index is 1.79. The summed E-state index contributed by atoms with van der Waals surface area (Å²) in [7, 11) is 0. The van der Waals surface area contributed by atoms with E-state index in [2.05, 4.69) is 9.97 Å². The Morgan fingerprint density at radius 2 is 1.70 bits per heavy atom. The summed E-state index contributed by atoms with van der Waals surface area (Å²) in [4.78, 5) is 35.7. The molecule has 0 radical (unpaired) electrons. The molecule has 1 aromatic carbocycles. The summed E-state index contributed by atoms with van der Waals surface area (Å²) in [5, 5.41) is 11.2. The number of carbonyl (C=O) groups is 2. The van der Waals surface area contributed by atoms with Crippen LogP contribution in [0.5, 0.6) is 5.75 Å². The fraction of sp³-hybridized carbons (Fsp3) is 0.231. The maximum Gasteiger partial charge on any atom is 0.295 e. The minimum absolute atomic E-state index is 0.0573. The Hall–Kier alpha value is -4.00. The van der Waals surface area contributed by atoms with E-state index < -0.39 is 17.7 Å². The maximum atomic E-state index is 13.1. The van der Waals surface area contributed by atoms with Crippen LogP contribution in [0.4, 0.5) is 0 Å². The standard InChI is InChI=1S/C26H25N3O4/c1-3-14-33-21-5-4-20(15-17(21)2)24(30)22-23(19-8-12-28-13-9-19)29(26(32)25(22)31)16-18-6-10-27-11-7-18/h4-13,15,23,30H,3,14,16H2,1-2H3/b24-22-. The molecular weight excluding hydrogens is 418 g/mol. The van der Waals surface area contributed by atoms with E-state index in [1.807, 2.05) is 13.8 Å². The highest BCUT2D eigenvalue weighted by Crippen LogP contribution is 2.40. The normalized spacial score (nSPS) is 17.4. The van der Waals surface area contributed by atoms with E-state index in [0.717, 1.165) is 23.3 Å². The zero-order chi connectivity index (χ0) is 23.4. The summed E-state index contributed by atoms with van der Waals surface area (Å²) in [6.45, 7) is 4.71. The molecule has 4 rings (SSSR count). The first-order valence-corrected chi connectivity index (χ1v) is 10.8. The van der Waals surface area contributed by atoms with Gasteiger partial charge in [0.2, 0.25) is 0 Å². The number of aromatic nitrogens is 2. The molecule has 3 aromatic rings. The Morgan fingerprint density at radius 1 is 1.03 bits per heavy atom. The van der Waals surface area contributed by atoms with Crippen molar-refractivity contribution in [1.29, 1.82) is 0 Å². The Kier molecular flexibility index (Phi) is 6.49. The zero-order valence-corrected chi connectivity index (χ0v) is 18.6. The number of hydrogen-bond acceptors (Lipinski definition) is 6. The summed E-state index contributed by atoms with van der Waals surface area (Å²) in [6.07, 6.45) is 7.36. The van der Waals surface area contributed by atoms with E-state index >= 15 is 0 Å². The van der Waals surface area contributed by atoms with Gasteiger partial charge < -0.3 is 14.7 Å². The highest BCUT2D eigenvalue weighted by Gasteiger charge is 2.46. The van der Waals surface area contributed by atoms with Crippen LogP contribution in [-0.4, -0.2) is 38.3 Å². The Morgan fingerprint density at radius 3 is 2.33 bits per heavy atom. The minimum Gasteiger partial charge on any atom is -0.507 e. The lowest BCUT2D eigenvalue weighted by atomic mass is 9.95. The molecular formula is C26H25N3O4. The van der Waals surface area contributed by atoms with Crippen molar-refractivity contribution in [3.05, 3.63) is 95.1 Å². The van der Waals surface area contributed by atoms with Crippen LogP contribution >= 0.6 is 0 Å². The van der Waals surface area contributed by atoms with Gasteiger partial charge in [0.05, 0.1) is 18.2 Å². The third kappa shape index (κ3) is 4.48. The fourth-order valence-corrected chi connectivity index (χ4v) is 3.95. The number of aliphatic hydroxyl groups excluding tert-OH is 1. The molecule has 1 saturated heterocycles. The van der Waals surface area contributed by atoms with Gasteiger partial charge in [0.1, 0.15) is 11.5 Å². The molecule has 1 fully saturated rings. The van der Waals surface area contributed by atoms with Crippen LogP contribution in [0.15, 0.2) is 72.8 Å². The molecule has 0 aliphatic carbocycles. The molecule has 1 atom stereocenters. The zero-order valence-electron chi connectivity index (χ0n) is 18.6. The van der Waals surface area contributed by atoms with Crippen molar-refractivity contribution >= 4 is 17.4 Å². The van der Waals surface area contributed by atoms with Crippen molar-refractivity contribution in [1.82, 2.24) is 14.9 Å². The second-order valence-corrected chi connectivity index (χ2v) is 7.89. The van der Waals surface area contributed by atoms with E-state index in [1.165, 1.54) is 4.90 Å². The number of aryl methyl sites for hydroxylation is 1. The highest BCUT2D eigenvalue weighted by molar-refractivity contribution is 6.46. The van der Waals surface area contributed by atoms with Crippen LogP contribution in [-0.2, 0) is 16.1 Å². The molecule has 7 heteroatoms. The second kappa shape index (κ2) is 9.65. The largest absolute Gasteiger partial charge is 0.507 e. The molecule has 168 valence electrons. The molecule has 1 aliphatic heterocycles. The van der Waals surface area contributed by atoms with Gasteiger partial charge in [-0.25, -0.2) is 0 Å². The van der Waals surface area contributed by atoms with Crippen molar-refractivity contribution in [3.8, 4) is 5.75 Å². The Labute approximate surface area is 192 Å². The lowest BCUT2D eigenvalue weighted by Crippen LogP contribution is -2.29. The second-order valence-electron chi connectivity index (χ2n) is 7.89. The molecule has 33 heavy (non-hydrogen) atoms. The summed E-state index contributed by atoms with van der Waals surface area (Å²) in [5.41, 5.74) is 2.87. The van der Waals surface area contributed by atoms with Gasteiger partial charge in [-0.1, -0.05) is 6.92 Å². The van der Waals surface area contributed by atoms with Crippen LogP contribution in [0, 0.1) is 6.92 Å². The fourth-order valence-electron chi connectivity index (χ4n) is 3.95. The van der Waals surface area contributed by atoms with Gasteiger partial charge in [0.25, 0.3) is 11.7 Å². The quantitative estimate of drug-likeness (QED) is 0.334. The number of ketones is 1. The number of amides is 1. The van der Waals surface area contributed by atoms with E-state index in [-0.39, 0.29) is 17.9 Å². The first-order chi connectivity index (χ1) is 16.0. The first-order valence-electron chi connectivity index (χ1n) is 10.8. The van der Waals surface area contributed by atoms with Gasteiger partial charge in [-0.3, -0.25) is 19.6 Å². The SMILES string of the molecule is CCCOc1ccc(/C(O)=C2/C(=O)C(=O)N(Cc3ccncc3)C2c2ccncc2)cc1C. The average Bonchev–Trinajstić information content (AvgIpc) is 3.09. The molecule has 3 heterocycles. The molecule has 0 spiro atoms. The predicted octanol–water partition coefficient (Wildman–Crippen LogP) is 4.20. The molecule has 7 nitrogen and oxygen atoms in total. The van der Waals surface area contributed by atoms with Crippen LogP contribution in [0.1, 0.15) is 41.6 Å². The van der Waals surface area contributed by atoms with Crippen molar-refractivity contribution in [3.63, 3.8) is 0 Å². The number of nitrogens with zero attached hydrogens (tertiary/aromatic N) is 3. The Bertz CT molecular complexity index is 1190.